The molecular weight excluding hydrogens is 334 g/mol. The SMILES string of the molecule is CN1/C(=C/C(=O)c2cccc(Br)c2)Sc2ccccc21. The fourth-order valence-corrected chi connectivity index (χ4v) is 3.57. The number of halogens is 1. The van der Waals surface area contributed by atoms with Crippen LogP contribution in [0.25, 0.3) is 0 Å². The number of carbonyl (C=O) groups excluding carboxylic acids is 1. The first kappa shape index (κ1) is 13.5. The van der Waals surface area contributed by atoms with Gasteiger partial charge in [0, 0.05) is 28.1 Å². The van der Waals surface area contributed by atoms with Gasteiger partial charge in [-0.1, -0.05) is 52.0 Å². The number of fused-ring (bicyclic) bond motifs is 1. The Hall–Kier alpha value is -1.52. The Morgan fingerprint density at radius 1 is 1.20 bits per heavy atom. The summed E-state index contributed by atoms with van der Waals surface area (Å²) in [6.45, 7) is 0. The fraction of sp³-hybridized carbons (Fsp3) is 0.0625. The van der Waals surface area contributed by atoms with Gasteiger partial charge in [0.05, 0.1) is 10.7 Å². The van der Waals surface area contributed by atoms with E-state index in [9.17, 15) is 4.79 Å². The van der Waals surface area contributed by atoms with Gasteiger partial charge in [0.15, 0.2) is 5.78 Å². The largest absolute Gasteiger partial charge is 0.338 e. The van der Waals surface area contributed by atoms with E-state index in [1.807, 2.05) is 43.4 Å². The predicted molar refractivity (Wildman–Crippen MR) is 87.3 cm³/mol. The maximum atomic E-state index is 12.3. The first-order chi connectivity index (χ1) is 9.65. The van der Waals surface area contributed by atoms with Crippen molar-refractivity contribution in [3.63, 3.8) is 0 Å². The highest BCUT2D eigenvalue weighted by Crippen LogP contribution is 2.44. The van der Waals surface area contributed by atoms with Gasteiger partial charge in [-0.25, -0.2) is 0 Å². The van der Waals surface area contributed by atoms with Crippen LogP contribution in [0, 0.1) is 0 Å². The molecule has 20 heavy (non-hydrogen) atoms. The molecule has 0 amide bonds. The highest BCUT2D eigenvalue weighted by Gasteiger charge is 2.22. The van der Waals surface area contributed by atoms with Crippen LogP contribution in [0.5, 0.6) is 0 Å². The number of rotatable bonds is 2. The summed E-state index contributed by atoms with van der Waals surface area (Å²) in [5.74, 6) is 0.0217. The van der Waals surface area contributed by atoms with Crippen LogP contribution in [0.4, 0.5) is 5.69 Å². The molecule has 4 heteroatoms. The Labute approximate surface area is 130 Å². The summed E-state index contributed by atoms with van der Waals surface area (Å²) in [7, 11) is 1.98. The van der Waals surface area contributed by atoms with E-state index in [4.69, 9.17) is 0 Å². The minimum Gasteiger partial charge on any atom is -0.338 e. The molecule has 0 aromatic heterocycles. The summed E-state index contributed by atoms with van der Waals surface area (Å²) in [4.78, 5) is 15.5. The third kappa shape index (κ3) is 2.53. The molecule has 0 N–H and O–H groups in total. The molecule has 1 aliphatic rings. The molecule has 1 aliphatic heterocycles. The molecule has 0 atom stereocenters. The Kier molecular flexibility index (Phi) is 3.68. The molecule has 3 rings (SSSR count). The molecule has 0 radical (unpaired) electrons. The molecule has 0 aliphatic carbocycles. The van der Waals surface area contributed by atoms with E-state index in [0.29, 0.717) is 5.56 Å². The number of benzene rings is 2. The van der Waals surface area contributed by atoms with Crippen molar-refractivity contribution in [3.8, 4) is 0 Å². The molecule has 0 spiro atoms. The van der Waals surface area contributed by atoms with Crippen molar-refractivity contribution >= 4 is 39.2 Å². The normalized spacial score (nSPS) is 15.5. The lowest BCUT2D eigenvalue weighted by atomic mass is 10.1. The van der Waals surface area contributed by atoms with Gasteiger partial charge in [0.1, 0.15) is 0 Å². The monoisotopic (exact) mass is 345 g/mol. The average Bonchev–Trinajstić information content (AvgIpc) is 2.76. The van der Waals surface area contributed by atoms with Crippen LogP contribution in [0.2, 0.25) is 0 Å². The van der Waals surface area contributed by atoms with Gasteiger partial charge in [0.2, 0.25) is 0 Å². The molecule has 0 saturated heterocycles. The number of carbonyl (C=O) groups is 1. The zero-order valence-corrected chi connectivity index (χ0v) is 13.2. The Balaban J connectivity index is 1.90. The van der Waals surface area contributed by atoms with E-state index in [1.165, 1.54) is 4.90 Å². The summed E-state index contributed by atoms with van der Waals surface area (Å²) in [5, 5.41) is 0.955. The van der Waals surface area contributed by atoms with Crippen molar-refractivity contribution in [2.24, 2.45) is 0 Å². The van der Waals surface area contributed by atoms with Crippen LogP contribution < -0.4 is 4.90 Å². The molecule has 0 fully saturated rings. The van der Waals surface area contributed by atoms with E-state index in [0.717, 1.165) is 15.2 Å². The van der Waals surface area contributed by atoms with Crippen LogP contribution in [0.15, 0.2) is 69.0 Å². The fourth-order valence-electron chi connectivity index (χ4n) is 2.08. The number of ketones is 1. The molecule has 0 unspecified atom stereocenters. The number of hydrogen-bond donors (Lipinski definition) is 0. The van der Waals surface area contributed by atoms with Crippen molar-refractivity contribution in [1.29, 1.82) is 0 Å². The molecule has 0 bridgehead atoms. The Morgan fingerprint density at radius 2 is 2.00 bits per heavy atom. The minimum atomic E-state index is 0.0217. The third-order valence-electron chi connectivity index (χ3n) is 3.14. The first-order valence-corrected chi connectivity index (χ1v) is 7.78. The summed E-state index contributed by atoms with van der Waals surface area (Å²) in [5.41, 5.74) is 1.84. The van der Waals surface area contributed by atoms with Crippen LogP contribution in [0.3, 0.4) is 0 Å². The molecule has 2 aromatic rings. The van der Waals surface area contributed by atoms with E-state index >= 15 is 0 Å². The Bertz CT molecular complexity index is 711. The van der Waals surface area contributed by atoms with E-state index < -0.39 is 0 Å². The van der Waals surface area contributed by atoms with Crippen molar-refractivity contribution < 1.29 is 4.79 Å². The quantitative estimate of drug-likeness (QED) is 0.580. The number of nitrogens with zero attached hydrogens (tertiary/aromatic N) is 1. The van der Waals surface area contributed by atoms with Crippen molar-refractivity contribution in [3.05, 3.63) is 69.7 Å². The van der Waals surface area contributed by atoms with E-state index in [1.54, 1.807) is 17.8 Å². The summed E-state index contributed by atoms with van der Waals surface area (Å²) in [6.07, 6.45) is 1.70. The second kappa shape index (κ2) is 5.46. The standard InChI is InChI=1S/C16H12BrNOS/c1-18-13-7-2-3-8-15(13)20-16(18)10-14(19)11-5-4-6-12(17)9-11/h2-10H,1H3/b16-10-. The van der Waals surface area contributed by atoms with Crippen LogP contribution in [-0.2, 0) is 0 Å². The van der Waals surface area contributed by atoms with Crippen molar-refractivity contribution in [1.82, 2.24) is 0 Å². The summed E-state index contributed by atoms with van der Waals surface area (Å²) in [6, 6.07) is 15.6. The molecule has 2 nitrogen and oxygen atoms in total. The highest BCUT2D eigenvalue weighted by atomic mass is 79.9. The lowest BCUT2D eigenvalue weighted by Gasteiger charge is -2.12. The van der Waals surface area contributed by atoms with Gasteiger partial charge in [-0.2, -0.15) is 0 Å². The first-order valence-electron chi connectivity index (χ1n) is 6.17. The molecule has 1 heterocycles. The van der Waals surface area contributed by atoms with Gasteiger partial charge >= 0.3 is 0 Å². The molecule has 100 valence electrons. The second-order valence-corrected chi connectivity index (χ2v) is 6.46. The smallest absolute Gasteiger partial charge is 0.188 e. The topological polar surface area (TPSA) is 20.3 Å². The van der Waals surface area contributed by atoms with Gasteiger partial charge in [-0.05, 0) is 24.3 Å². The van der Waals surface area contributed by atoms with Gasteiger partial charge < -0.3 is 4.90 Å². The lowest BCUT2D eigenvalue weighted by Crippen LogP contribution is -2.11. The average molecular weight is 346 g/mol. The number of hydrogen-bond acceptors (Lipinski definition) is 3. The zero-order valence-electron chi connectivity index (χ0n) is 10.8. The number of thioether (sulfide) groups is 1. The molecular formula is C16H12BrNOS. The third-order valence-corrected chi connectivity index (χ3v) is 4.79. The molecule has 2 aromatic carbocycles. The maximum absolute atomic E-state index is 12.3. The van der Waals surface area contributed by atoms with Crippen LogP contribution in [-0.4, -0.2) is 12.8 Å². The van der Waals surface area contributed by atoms with Crippen LogP contribution in [0.1, 0.15) is 10.4 Å². The van der Waals surface area contributed by atoms with E-state index in [2.05, 4.69) is 33.0 Å². The van der Waals surface area contributed by atoms with E-state index in [-0.39, 0.29) is 5.78 Å². The maximum Gasteiger partial charge on any atom is 0.188 e. The van der Waals surface area contributed by atoms with Crippen LogP contribution >= 0.6 is 27.7 Å². The summed E-state index contributed by atoms with van der Waals surface area (Å²) >= 11 is 5.02. The highest BCUT2D eigenvalue weighted by molar-refractivity contribution is 9.10. The molecule has 0 saturated carbocycles. The number of allylic oxidation sites excluding steroid dienone is 1. The predicted octanol–water partition coefficient (Wildman–Crippen LogP) is 4.72. The summed E-state index contributed by atoms with van der Waals surface area (Å²) < 4.78 is 0.914. The van der Waals surface area contributed by atoms with Crippen molar-refractivity contribution in [2.75, 3.05) is 11.9 Å². The van der Waals surface area contributed by atoms with Gasteiger partial charge in [-0.15, -0.1) is 0 Å². The van der Waals surface area contributed by atoms with Crippen molar-refractivity contribution in [2.45, 2.75) is 4.90 Å². The van der Waals surface area contributed by atoms with Gasteiger partial charge in [0.25, 0.3) is 0 Å². The minimum absolute atomic E-state index is 0.0217. The second-order valence-electron chi connectivity index (χ2n) is 4.49. The number of para-hydroxylation sites is 1. The Morgan fingerprint density at radius 3 is 2.75 bits per heavy atom. The lowest BCUT2D eigenvalue weighted by molar-refractivity contribution is 0.104. The number of anilines is 1. The van der Waals surface area contributed by atoms with Gasteiger partial charge in [-0.3, -0.25) is 4.79 Å². The zero-order chi connectivity index (χ0) is 14.1.